The number of benzene rings is 1. The van der Waals surface area contributed by atoms with Crippen molar-refractivity contribution in [3.05, 3.63) is 24.3 Å². The van der Waals surface area contributed by atoms with Gasteiger partial charge in [-0.3, -0.25) is 0 Å². The van der Waals surface area contributed by atoms with Gasteiger partial charge in [0, 0.05) is 25.0 Å². The van der Waals surface area contributed by atoms with Crippen LogP contribution >= 0.6 is 0 Å². The maximum Gasteiger partial charge on any atom is 0.224 e. The minimum atomic E-state index is 0.504. The molecule has 1 aliphatic rings. The fourth-order valence-corrected chi connectivity index (χ4v) is 3.39. The maximum atomic E-state index is 4.77. The van der Waals surface area contributed by atoms with E-state index >= 15 is 0 Å². The lowest BCUT2D eigenvalue weighted by Gasteiger charge is -2.42. The van der Waals surface area contributed by atoms with Crippen LogP contribution in [0.4, 0.5) is 11.8 Å². The van der Waals surface area contributed by atoms with Gasteiger partial charge >= 0.3 is 0 Å². The van der Waals surface area contributed by atoms with Gasteiger partial charge in [0.25, 0.3) is 0 Å². The normalized spacial score (nSPS) is 26.1. The number of rotatable bonds is 2. The fraction of sp³-hybridized carbons (Fsp3) is 0.529. The van der Waals surface area contributed by atoms with E-state index in [1.165, 1.54) is 6.42 Å². The van der Waals surface area contributed by atoms with Crippen LogP contribution in [0.1, 0.15) is 27.2 Å². The lowest BCUT2D eigenvalue weighted by Crippen LogP contribution is -2.46. The summed E-state index contributed by atoms with van der Waals surface area (Å²) in [6.45, 7) is 8.05. The molecule has 3 atom stereocenters. The molecular weight excluding hydrogens is 260 g/mol. The van der Waals surface area contributed by atoms with Crippen molar-refractivity contribution in [3.63, 3.8) is 0 Å². The van der Waals surface area contributed by atoms with E-state index in [0.29, 0.717) is 23.8 Å². The van der Waals surface area contributed by atoms with Crippen LogP contribution in [0, 0.1) is 11.8 Å². The first-order valence-corrected chi connectivity index (χ1v) is 7.81. The molecule has 2 heterocycles. The Balaban J connectivity index is 2.13. The smallest absolute Gasteiger partial charge is 0.224 e. The number of fused-ring (bicyclic) bond motifs is 1. The highest BCUT2D eigenvalue weighted by atomic mass is 15.3. The van der Waals surface area contributed by atoms with Gasteiger partial charge in [-0.2, -0.15) is 4.98 Å². The summed E-state index contributed by atoms with van der Waals surface area (Å²) >= 11 is 0. The van der Waals surface area contributed by atoms with Gasteiger partial charge in [0.1, 0.15) is 5.82 Å². The van der Waals surface area contributed by atoms with Crippen molar-refractivity contribution in [2.75, 3.05) is 23.8 Å². The first-order chi connectivity index (χ1) is 10.1. The summed E-state index contributed by atoms with van der Waals surface area (Å²) in [4.78, 5) is 11.8. The summed E-state index contributed by atoms with van der Waals surface area (Å²) < 4.78 is 0. The molecule has 1 aliphatic heterocycles. The Kier molecular flexibility index (Phi) is 3.70. The van der Waals surface area contributed by atoms with Gasteiger partial charge in [-0.1, -0.05) is 26.0 Å². The average molecular weight is 284 g/mol. The summed E-state index contributed by atoms with van der Waals surface area (Å²) in [7, 11) is 1.87. The zero-order valence-electron chi connectivity index (χ0n) is 13.3. The van der Waals surface area contributed by atoms with Gasteiger partial charge in [-0.05, 0) is 37.3 Å². The molecule has 0 amide bonds. The van der Waals surface area contributed by atoms with Gasteiger partial charge in [-0.25, -0.2) is 4.98 Å². The molecule has 1 N–H and O–H groups in total. The van der Waals surface area contributed by atoms with Crippen LogP contribution in [-0.4, -0.2) is 29.6 Å². The summed E-state index contributed by atoms with van der Waals surface area (Å²) in [6.07, 6.45) is 1.29. The monoisotopic (exact) mass is 284 g/mol. The topological polar surface area (TPSA) is 41.1 Å². The third-order valence-corrected chi connectivity index (χ3v) is 4.68. The number of nitrogens with zero attached hydrogens (tertiary/aromatic N) is 3. The highest BCUT2D eigenvalue weighted by Gasteiger charge is 2.30. The fourth-order valence-electron chi connectivity index (χ4n) is 3.39. The van der Waals surface area contributed by atoms with Gasteiger partial charge in [0.15, 0.2) is 0 Å². The van der Waals surface area contributed by atoms with E-state index in [0.717, 1.165) is 23.3 Å². The van der Waals surface area contributed by atoms with Gasteiger partial charge in [0.05, 0.1) is 5.52 Å². The highest BCUT2D eigenvalue weighted by molar-refractivity contribution is 5.90. The Morgan fingerprint density at radius 3 is 2.67 bits per heavy atom. The molecule has 3 rings (SSSR count). The van der Waals surface area contributed by atoms with Crippen LogP contribution in [0.3, 0.4) is 0 Å². The molecule has 1 saturated heterocycles. The van der Waals surface area contributed by atoms with Crippen molar-refractivity contribution in [3.8, 4) is 0 Å². The standard InChI is InChI=1S/C17H24N4/c1-11-9-12(2)13(3)21(10-11)16-14-7-5-6-8-15(14)19-17(18-4)20-16/h5-8,11-13H,9-10H2,1-4H3,(H,18,19,20). The number of para-hydroxylation sites is 1. The third kappa shape index (κ3) is 2.55. The summed E-state index contributed by atoms with van der Waals surface area (Å²) in [5.74, 6) is 3.14. The van der Waals surface area contributed by atoms with Crippen LogP contribution < -0.4 is 10.2 Å². The predicted molar refractivity (Wildman–Crippen MR) is 88.8 cm³/mol. The highest BCUT2D eigenvalue weighted by Crippen LogP contribution is 2.34. The van der Waals surface area contributed by atoms with Crippen molar-refractivity contribution in [2.24, 2.45) is 11.8 Å². The minimum Gasteiger partial charge on any atom is -0.357 e. The third-order valence-electron chi connectivity index (χ3n) is 4.68. The first kappa shape index (κ1) is 14.1. The van der Waals surface area contributed by atoms with Crippen LogP contribution in [0.2, 0.25) is 0 Å². The van der Waals surface area contributed by atoms with Crippen molar-refractivity contribution in [2.45, 2.75) is 33.2 Å². The SMILES string of the molecule is CNc1nc(N2CC(C)CC(C)C2C)c2ccccc2n1. The second-order valence-electron chi connectivity index (χ2n) is 6.35. The van der Waals surface area contributed by atoms with E-state index in [9.17, 15) is 0 Å². The van der Waals surface area contributed by atoms with E-state index in [1.807, 2.05) is 13.1 Å². The predicted octanol–water partition coefficient (Wildman–Crippen LogP) is 3.54. The quantitative estimate of drug-likeness (QED) is 0.915. The number of anilines is 2. The Morgan fingerprint density at radius 1 is 1.14 bits per heavy atom. The second-order valence-corrected chi connectivity index (χ2v) is 6.35. The largest absolute Gasteiger partial charge is 0.357 e. The van der Waals surface area contributed by atoms with Crippen molar-refractivity contribution in [1.29, 1.82) is 0 Å². The molecule has 21 heavy (non-hydrogen) atoms. The summed E-state index contributed by atoms with van der Waals surface area (Å²) in [5.41, 5.74) is 1.00. The Hall–Kier alpha value is -1.84. The zero-order valence-corrected chi connectivity index (χ0v) is 13.3. The second kappa shape index (κ2) is 5.51. The number of nitrogens with one attached hydrogen (secondary N) is 1. The van der Waals surface area contributed by atoms with Crippen LogP contribution in [-0.2, 0) is 0 Å². The molecule has 0 radical (unpaired) electrons. The molecule has 2 aromatic rings. The molecule has 0 saturated carbocycles. The Morgan fingerprint density at radius 2 is 1.90 bits per heavy atom. The van der Waals surface area contributed by atoms with E-state index in [-0.39, 0.29) is 0 Å². The molecular formula is C17H24N4. The Bertz CT molecular complexity index is 640. The van der Waals surface area contributed by atoms with E-state index in [1.54, 1.807) is 0 Å². The molecule has 0 bridgehead atoms. The number of hydrogen-bond donors (Lipinski definition) is 1. The summed E-state index contributed by atoms with van der Waals surface area (Å²) in [6, 6.07) is 8.78. The van der Waals surface area contributed by atoms with Gasteiger partial charge in [-0.15, -0.1) is 0 Å². The molecule has 1 aromatic heterocycles. The molecule has 3 unspecified atom stereocenters. The van der Waals surface area contributed by atoms with Gasteiger partial charge in [0.2, 0.25) is 5.95 Å². The summed E-state index contributed by atoms with van der Waals surface area (Å²) in [5, 5.41) is 4.23. The van der Waals surface area contributed by atoms with E-state index in [4.69, 9.17) is 4.98 Å². The first-order valence-electron chi connectivity index (χ1n) is 7.81. The number of aromatic nitrogens is 2. The van der Waals surface area contributed by atoms with Crippen molar-refractivity contribution < 1.29 is 0 Å². The van der Waals surface area contributed by atoms with Crippen LogP contribution in [0.15, 0.2) is 24.3 Å². The Labute approximate surface area is 126 Å². The lowest BCUT2D eigenvalue weighted by molar-refractivity contribution is 0.296. The molecule has 112 valence electrons. The van der Waals surface area contributed by atoms with Crippen molar-refractivity contribution in [1.82, 2.24) is 9.97 Å². The van der Waals surface area contributed by atoms with Gasteiger partial charge < -0.3 is 10.2 Å². The number of hydrogen-bond acceptors (Lipinski definition) is 4. The lowest BCUT2D eigenvalue weighted by atomic mass is 9.86. The zero-order chi connectivity index (χ0) is 15.0. The molecule has 4 heteroatoms. The van der Waals surface area contributed by atoms with Crippen LogP contribution in [0.25, 0.3) is 10.9 Å². The molecule has 0 aliphatic carbocycles. The average Bonchev–Trinajstić information content (AvgIpc) is 2.49. The van der Waals surface area contributed by atoms with Crippen molar-refractivity contribution >= 4 is 22.7 Å². The molecule has 1 aromatic carbocycles. The maximum absolute atomic E-state index is 4.77. The molecule has 4 nitrogen and oxygen atoms in total. The molecule has 0 spiro atoms. The van der Waals surface area contributed by atoms with E-state index < -0.39 is 0 Å². The van der Waals surface area contributed by atoms with Crippen LogP contribution in [0.5, 0.6) is 0 Å². The van der Waals surface area contributed by atoms with E-state index in [2.05, 4.69) is 54.2 Å². The minimum absolute atomic E-state index is 0.504. The number of piperidine rings is 1. The molecule has 1 fully saturated rings.